The molecule has 0 radical (unpaired) electrons. The lowest BCUT2D eigenvalue weighted by Gasteiger charge is -2.11. The Kier molecular flexibility index (Phi) is 4.66. The summed E-state index contributed by atoms with van der Waals surface area (Å²) < 4.78 is 15.5. The Morgan fingerprint density at radius 3 is 2.94 bits per heavy atom. The van der Waals surface area contributed by atoms with Gasteiger partial charge in [-0.25, -0.2) is 4.98 Å². The molecule has 1 aromatic carbocycles. The van der Waals surface area contributed by atoms with Crippen LogP contribution in [0.3, 0.4) is 0 Å². The predicted octanol–water partition coefficient (Wildman–Crippen LogP) is 4.65. The van der Waals surface area contributed by atoms with E-state index in [9.17, 15) is 0 Å². The first-order valence-corrected chi connectivity index (χ1v) is 11.3. The van der Waals surface area contributed by atoms with Gasteiger partial charge in [0.05, 0.1) is 29.7 Å². The summed E-state index contributed by atoms with van der Waals surface area (Å²) in [5, 5.41) is 9.74. The Hall–Kier alpha value is -2.97. The molecule has 9 heteroatoms. The largest absolute Gasteiger partial charge is 0.376 e. The molecule has 0 amide bonds. The standard InChI is InChI=1S/C23H23ClN6O2/c1-13(2)22-26-23(32-28-22)21-19-8-14-10-29(11-16-4-3-7-31-16)27-20(14)17-9-15(24)5-6-18(17)30(19)12-25-21/h5-6,9-10,12-13,16H,3-4,7-8,11H2,1-2H3. The lowest BCUT2D eigenvalue weighted by atomic mass is 10.0. The molecule has 0 spiro atoms. The first-order chi connectivity index (χ1) is 15.6. The number of fused-ring (bicyclic) bond motifs is 5. The Morgan fingerprint density at radius 2 is 2.16 bits per heavy atom. The van der Waals surface area contributed by atoms with E-state index in [4.69, 9.17) is 26.0 Å². The highest BCUT2D eigenvalue weighted by atomic mass is 35.5. The molecule has 1 saturated heterocycles. The minimum absolute atomic E-state index is 0.180. The molecule has 6 rings (SSSR count). The first kappa shape index (κ1) is 19.7. The fourth-order valence-corrected chi connectivity index (χ4v) is 4.66. The molecule has 32 heavy (non-hydrogen) atoms. The Labute approximate surface area is 190 Å². The lowest BCUT2D eigenvalue weighted by molar-refractivity contribution is 0.0940. The maximum atomic E-state index is 6.39. The Bertz CT molecular complexity index is 1300. The molecule has 0 bridgehead atoms. The summed E-state index contributed by atoms with van der Waals surface area (Å²) in [5.74, 6) is 1.29. The van der Waals surface area contributed by atoms with Crippen LogP contribution < -0.4 is 0 Å². The molecular formula is C23H23ClN6O2. The molecule has 8 nitrogen and oxygen atoms in total. The number of nitrogens with zero attached hydrogens (tertiary/aromatic N) is 6. The highest BCUT2D eigenvalue weighted by molar-refractivity contribution is 6.31. The average Bonchev–Trinajstić information content (AvgIpc) is 3.55. The zero-order chi connectivity index (χ0) is 21.8. The highest BCUT2D eigenvalue weighted by Crippen LogP contribution is 2.38. The van der Waals surface area contributed by atoms with E-state index in [0.717, 1.165) is 54.2 Å². The van der Waals surface area contributed by atoms with Crippen molar-refractivity contribution in [2.24, 2.45) is 0 Å². The summed E-state index contributed by atoms with van der Waals surface area (Å²) >= 11 is 6.39. The van der Waals surface area contributed by atoms with Crippen molar-refractivity contribution in [2.75, 3.05) is 6.61 Å². The number of hydrogen-bond donors (Lipinski definition) is 0. The minimum atomic E-state index is 0.180. The molecule has 3 aromatic heterocycles. The van der Waals surface area contributed by atoms with Gasteiger partial charge in [-0.1, -0.05) is 30.6 Å². The molecule has 0 N–H and O–H groups in total. The molecule has 1 atom stereocenters. The van der Waals surface area contributed by atoms with Crippen molar-refractivity contribution < 1.29 is 9.26 Å². The molecule has 164 valence electrons. The van der Waals surface area contributed by atoms with Crippen molar-refractivity contribution in [1.82, 2.24) is 29.5 Å². The van der Waals surface area contributed by atoms with Crippen LogP contribution in [-0.2, 0) is 17.7 Å². The van der Waals surface area contributed by atoms with E-state index in [1.54, 1.807) is 0 Å². The molecule has 0 aliphatic carbocycles. The van der Waals surface area contributed by atoms with Gasteiger partial charge in [-0.3, -0.25) is 4.68 Å². The van der Waals surface area contributed by atoms with Gasteiger partial charge in [0.15, 0.2) is 11.5 Å². The van der Waals surface area contributed by atoms with Crippen LogP contribution in [0.15, 0.2) is 35.2 Å². The van der Waals surface area contributed by atoms with Gasteiger partial charge in [0.1, 0.15) is 6.33 Å². The molecule has 2 aliphatic rings. The first-order valence-electron chi connectivity index (χ1n) is 10.9. The van der Waals surface area contributed by atoms with Crippen LogP contribution in [0.2, 0.25) is 5.02 Å². The van der Waals surface area contributed by atoms with Gasteiger partial charge in [-0.05, 0) is 31.0 Å². The number of halogens is 1. The molecule has 4 aromatic rings. The molecule has 1 unspecified atom stereocenters. The van der Waals surface area contributed by atoms with Crippen LogP contribution in [0.25, 0.3) is 28.5 Å². The van der Waals surface area contributed by atoms with Gasteiger partial charge < -0.3 is 13.8 Å². The maximum Gasteiger partial charge on any atom is 0.278 e. The van der Waals surface area contributed by atoms with Crippen molar-refractivity contribution in [3.8, 4) is 28.5 Å². The van der Waals surface area contributed by atoms with E-state index in [0.29, 0.717) is 28.9 Å². The van der Waals surface area contributed by atoms with Crippen molar-refractivity contribution in [2.45, 2.75) is 51.7 Å². The quantitative estimate of drug-likeness (QED) is 0.396. The lowest BCUT2D eigenvalue weighted by Crippen LogP contribution is -2.15. The number of imidazole rings is 1. The second-order valence-electron chi connectivity index (χ2n) is 8.72. The Morgan fingerprint density at radius 1 is 1.25 bits per heavy atom. The minimum Gasteiger partial charge on any atom is -0.376 e. The van der Waals surface area contributed by atoms with Crippen LogP contribution >= 0.6 is 11.6 Å². The van der Waals surface area contributed by atoms with E-state index in [2.05, 4.69) is 25.9 Å². The summed E-state index contributed by atoms with van der Waals surface area (Å²) in [6, 6.07) is 5.87. The zero-order valence-corrected chi connectivity index (χ0v) is 18.7. The summed E-state index contributed by atoms with van der Waals surface area (Å²) in [5.41, 5.74) is 5.69. The van der Waals surface area contributed by atoms with Crippen LogP contribution in [0.1, 0.15) is 49.7 Å². The number of hydrogen-bond acceptors (Lipinski definition) is 6. The normalized spacial score (nSPS) is 17.3. The third-order valence-electron chi connectivity index (χ3n) is 6.11. The van der Waals surface area contributed by atoms with E-state index in [1.807, 2.05) is 43.1 Å². The fourth-order valence-electron chi connectivity index (χ4n) is 4.49. The fraction of sp³-hybridized carbons (Fsp3) is 0.391. The van der Waals surface area contributed by atoms with E-state index in [-0.39, 0.29) is 12.0 Å². The van der Waals surface area contributed by atoms with E-state index >= 15 is 0 Å². The monoisotopic (exact) mass is 450 g/mol. The SMILES string of the molecule is CC(C)c1noc(-c2ncn3c2Cc2cn(CC4CCCO4)nc2-c2cc(Cl)ccc2-3)n1. The van der Waals surface area contributed by atoms with Crippen LogP contribution in [0, 0.1) is 0 Å². The van der Waals surface area contributed by atoms with Gasteiger partial charge in [-0.2, -0.15) is 10.1 Å². The highest BCUT2D eigenvalue weighted by Gasteiger charge is 2.28. The van der Waals surface area contributed by atoms with Gasteiger partial charge in [0, 0.05) is 41.3 Å². The zero-order valence-electron chi connectivity index (χ0n) is 18.0. The average molecular weight is 451 g/mol. The Balaban J connectivity index is 1.48. The number of rotatable bonds is 4. The van der Waals surface area contributed by atoms with E-state index < -0.39 is 0 Å². The third kappa shape index (κ3) is 3.25. The molecular weight excluding hydrogens is 428 g/mol. The second kappa shape index (κ2) is 7.56. The van der Waals surface area contributed by atoms with Crippen molar-refractivity contribution in [1.29, 1.82) is 0 Å². The van der Waals surface area contributed by atoms with Crippen LogP contribution in [0.5, 0.6) is 0 Å². The molecule has 1 fully saturated rings. The topological polar surface area (TPSA) is 83.8 Å². The molecule has 5 heterocycles. The van der Waals surface area contributed by atoms with Gasteiger partial charge in [0.25, 0.3) is 5.89 Å². The summed E-state index contributed by atoms with van der Waals surface area (Å²) in [6.45, 7) is 5.65. The van der Waals surface area contributed by atoms with Gasteiger partial charge in [0.2, 0.25) is 0 Å². The van der Waals surface area contributed by atoms with Crippen molar-refractivity contribution in [3.63, 3.8) is 0 Å². The summed E-state index contributed by atoms with van der Waals surface area (Å²) in [7, 11) is 0. The van der Waals surface area contributed by atoms with Crippen LogP contribution in [-0.4, -0.2) is 42.2 Å². The van der Waals surface area contributed by atoms with E-state index in [1.165, 1.54) is 0 Å². The molecule has 0 saturated carbocycles. The van der Waals surface area contributed by atoms with Gasteiger partial charge >= 0.3 is 0 Å². The summed E-state index contributed by atoms with van der Waals surface area (Å²) in [4.78, 5) is 9.23. The predicted molar refractivity (Wildman–Crippen MR) is 119 cm³/mol. The van der Waals surface area contributed by atoms with Crippen molar-refractivity contribution in [3.05, 3.63) is 52.8 Å². The number of benzene rings is 1. The smallest absolute Gasteiger partial charge is 0.278 e. The van der Waals surface area contributed by atoms with Crippen molar-refractivity contribution >= 4 is 11.6 Å². The summed E-state index contributed by atoms with van der Waals surface area (Å²) in [6.07, 6.45) is 6.95. The molecule has 2 aliphatic heterocycles. The van der Waals surface area contributed by atoms with Gasteiger partial charge in [-0.15, -0.1) is 0 Å². The second-order valence-corrected chi connectivity index (χ2v) is 9.16. The number of aromatic nitrogens is 6. The maximum absolute atomic E-state index is 6.39. The van der Waals surface area contributed by atoms with Crippen LogP contribution in [0.4, 0.5) is 0 Å². The number of ether oxygens (including phenoxy) is 1. The third-order valence-corrected chi connectivity index (χ3v) is 6.35.